The molecule has 3 aromatic rings. The third kappa shape index (κ3) is 7.15. The van der Waals surface area contributed by atoms with E-state index in [1.165, 1.54) is 20.2 Å². The summed E-state index contributed by atoms with van der Waals surface area (Å²) in [6.45, 7) is 3.37. The van der Waals surface area contributed by atoms with Gasteiger partial charge in [-0.2, -0.15) is 4.31 Å². The van der Waals surface area contributed by atoms with Gasteiger partial charge in [0.2, 0.25) is 10.0 Å². The van der Waals surface area contributed by atoms with Gasteiger partial charge in [-0.3, -0.25) is 4.79 Å². The van der Waals surface area contributed by atoms with Gasteiger partial charge >= 0.3 is 6.03 Å². The molecule has 11 nitrogen and oxygen atoms in total. The number of benzene rings is 3. The molecule has 0 radical (unpaired) electrons. The number of carbonyl (C=O) groups excluding carboxylic acids is 2. The van der Waals surface area contributed by atoms with Crippen molar-refractivity contribution in [3.8, 4) is 22.6 Å². The molecule has 12 heteroatoms. The van der Waals surface area contributed by atoms with Gasteiger partial charge in [-0.1, -0.05) is 31.2 Å². The second-order valence-corrected chi connectivity index (χ2v) is 13.1. The van der Waals surface area contributed by atoms with Crippen molar-refractivity contribution in [1.82, 2.24) is 14.1 Å². The van der Waals surface area contributed by atoms with Crippen molar-refractivity contribution in [2.24, 2.45) is 5.92 Å². The summed E-state index contributed by atoms with van der Waals surface area (Å²) in [7, 11) is 2.48. The lowest BCUT2D eigenvalue weighted by atomic mass is 10.0. The van der Waals surface area contributed by atoms with E-state index in [0.29, 0.717) is 28.1 Å². The standard InChI is InChI=1S/C32H40N4O7S/c1-21-18-36(22(2)20-37)44(40,41)30-14-13-24(23-9-7-10-25(15-23)31(38)34(3)4)16-28(30)43-29(21)19-35(5)32(39)33-26-11-8-12-27(17-26)42-6/h7-17,21-22,29,37H,18-20H2,1-6H3,(H,33,39)/t21-,22+,29+/m0/s1. The van der Waals surface area contributed by atoms with Crippen LogP contribution in [0.4, 0.5) is 10.5 Å². The molecule has 2 N–H and O–H groups in total. The molecule has 0 aromatic heterocycles. The van der Waals surface area contributed by atoms with Crippen molar-refractivity contribution in [2.75, 3.05) is 53.3 Å². The molecule has 0 bridgehead atoms. The Kier molecular flexibility index (Phi) is 10.2. The second kappa shape index (κ2) is 13.7. The van der Waals surface area contributed by atoms with Crippen LogP contribution in [0.1, 0.15) is 24.2 Å². The molecule has 0 spiro atoms. The third-order valence-electron chi connectivity index (χ3n) is 7.64. The van der Waals surface area contributed by atoms with Gasteiger partial charge in [0.15, 0.2) is 0 Å². The summed E-state index contributed by atoms with van der Waals surface area (Å²) in [6, 6.07) is 17.8. The predicted octanol–water partition coefficient (Wildman–Crippen LogP) is 4.00. The molecule has 3 amide bonds. The number of aliphatic hydroxyl groups is 1. The van der Waals surface area contributed by atoms with Gasteiger partial charge in [0, 0.05) is 57.0 Å². The number of ether oxygens (including phenoxy) is 2. The summed E-state index contributed by atoms with van der Waals surface area (Å²) in [5.74, 6) is 0.212. The van der Waals surface area contributed by atoms with Crippen molar-refractivity contribution in [2.45, 2.75) is 30.9 Å². The molecular weight excluding hydrogens is 584 g/mol. The zero-order chi connectivity index (χ0) is 32.2. The Morgan fingerprint density at radius 2 is 1.77 bits per heavy atom. The van der Waals surface area contributed by atoms with E-state index in [4.69, 9.17) is 9.47 Å². The minimum absolute atomic E-state index is 0.0394. The summed E-state index contributed by atoms with van der Waals surface area (Å²) in [5.41, 5.74) is 2.42. The number of nitrogens with zero attached hydrogens (tertiary/aromatic N) is 3. The maximum Gasteiger partial charge on any atom is 0.321 e. The number of carbonyl (C=O) groups is 2. The van der Waals surface area contributed by atoms with Gasteiger partial charge in [0.05, 0.1) is 20.3 Å². The minimum atomic E-state index is -4.05. The molecule has 236 valence electrons. The van der Waals surface area contributed by atoms with Gasteiger partial charge in [0.25, 0.3) is 5.91 Å². The van der Waals surface area contributed by atoms with Gasteiger partial charge in [-0.15, -0.1) is 0 Å². The number of sulfonamides is 1. The molecule has 1 aliphatic heterocycles. The molecule has 0 saturated heterocycles. The Morgan fingerprint density at radius 1 is 1.07 bits per heavy atom. The number of aliphatic hydroxyl groups excluding tert-OH is 1. The first kappa shape index (κ1) is 32.8. The summed E-state index contributed by atoms with van der Waals surface area (Å²) in [6.07, 6.45) is -0.601. The molecule has 3 atom stereocenters. The van der Waals surface area contributed by atoms with Crippen LogP contribution in [-0.2, 0) is 10.0 Å². The van der Waals surface area contributed by atoms with Crippen LogP contribution in [0.5, 0.6) is 11.5 Å². The van der Waals surface area contributed by atoms with E-state index in [-0.39, 0.29) is 48.2 Å². The first-order valence-corrected chi connectivity index (χ1v) is 15.7. The number of amides is 3. The number of likely N-dealkylation sites (N-methyl/N-ethyl adjacent to an activating group) is 1. The van der Waals surface area contributed by atoms with Crippen LogP contribution in [0.3, 0.4) is 0 Å². The van der Waals surface area contributed by atoms with E-state index in [1.807, 2.05) is 13.0 Å². The summed E-state index contributed by atoms with van der Waals surface area (Å²) < 4.78 is 40.7. The molecule has 0 unspecified atom stereocenters. The van der Waals surface area contributed by atoms with Crippen molar-refractivity contribution < 1.29 is 32.6 Å². The highest BCUT2D eigenvalue weighted by molar-refractivity contribution is 7.89. The molecule has 3 aromatic carbocycles. The lowest BCUT2D eigenvalue weighted by Gasteiger charge is -2.37. The fraction of sp³-hybridized carbons (Fsp3) is 0.375. The third-order valence-corrected chi connectivity index (χ3v) is 9.66. The fourth-order valence-electron chi connectivity index (χ4n) is 4.99. The molecular formula is C32H40N4O7S. The van der Waals surface area contributed by atoms with Crippen molar-refractivity contribution >= 4 is 27.6 Å². The molecule has 1 heterocycles. The number of urea groups is 1. The SMILES string of the molecule is COc1cccc(NC(=O)N(C)C[C@H]2Oc3cc(-c4cccc(C(=O)N(C)C)c4)ccc3S(=O)(=O)N([C@H](C)CO)C[C@@H]2C)c1. The number of hydrogen-bond acceptors (Lipinski definition) is 7. The quantitative estimate of drug-likeness (QED) is 0.388. The average molecular weight is 625 g/mol. The maximum atomic E-state index is 13.9. The molecule has 0 saturated carbocycles. The highest BCUT2D eigenvalue weighted by atomic mass is 32.2. The van der Waals surface area contributed by atoms with Crippen LogP contribution in [-0.4, -0.2) is 99.7 Å². The summed E-state index contributed by atoms with van der Waals surface area (Å²) in [5, 5.41) is 12.8. The van der Waals surface area contributed by atoms with E-state index >= 15 is 0 Å². The normalized spacial score (nSPS) is 18.5. The number of anilines is 1. The molecule has 44 heavy (non-hydrogen) atoms. The van der Waals surface area contributed by atoms with Crippen molar-refractivity contribution in [3.63, 3.8) is 0 Å². The monoisotopic (exact) mass is 624 g/mol. The average Bonchev–Trinajstić information content (AvgIpc) is 3.01. The van der Waals surface area contributed by atoms with Crippen LogP contribution in [0, 0.1) is 5.92 Å². The molecule has 1 aliphatic rings. The first-order valence-electron chi connectivity index (χ1n) is 14.3. The highest BCUT2D eigenvalue weighted by Crippen LogP contribution is 2.37. The smallest absolute Gasteiger partial charge is 0.321 e. The molecule has 0 aliphatic carbocycles. The van der Waals surface area contributed by atoms with Crippen LogP contribution in [0.2, 0.25) is 0 Å². The van der Waals surface area contributed by atoms with Crippen LogP contribution < -0.4 is 14.8 Å². The number of fused-ring (bicyclic) bond motifs is 1. The van der Waals surface area contributed by atoms with Gasteiger partial charge in [-0.05, 0) is 54.4 Å². The van der Waals surface area contributed by atoms with E-state index in [2.05, 4.69) is 5.32 Å². The van der Waals surface area contributed by atoms with Gasteiger partial charge in [-0.25, -0.2) is 13.2 Å². The predicted molar refractivity (Wildman–Crippen MR) is 169 cm³/mol. The lowest BCUT2D eigenvalue weighted by Crippen LogP contribution is -2.50. The number of methoxy groups -OCH3 is 1. The Morgan fingerprint density at radius 3 is 2.45 bits per heavy atom. The topological polar surface area (TPSA) is 129 Å². The van der Waals surface area contributed by atoms with E-state index in [0.717, 1.165) is 0 Å². The van der Waals surface area contributed by atoms with E-state index < -0.39 is 22.2 Å². The zero-order valence-electron chi connectivity index (χ0n) is 25.9. The Labute approximate surface area is 259 Å². The second-order valence-electron chi connectivity index (χ2n) is 11.2. The van der Waals surface area contributed by atoms with Gasteiger partial charge < -0.3 is 29.7 Å². The van der Waals surface area contributed by atoms with E-state index in [9.17, 15) is 23.1 Å². The number of nitrogens with one attached hydrogen (secondary N) is 1. The highest BCUT2D eigenvalue weighted by Gasteiger charge is 2.38. The number of hydrogen-bond donors (Lipinski definition) is 2. The van der Waals surface area contributed by atoms with Gasteiger partial charge in [0.1, 0.15) is 22.5 Å². The molecule has 4 rings (SSSR count). The first-order chi connectivity index (χ1) is 20.8. The van der Waals surface area contributed by atoms with Crippen LogP contribution in [0.25, 0.3) is 11.1 Å². The largest absolute Gasteiger partial charge is 0.497 e. The van der Waals surface area contributed by atoms with Crippen molar-refractivity contribution in [1.29, 1.82) is 0 Å². The summed E-state index contributed by atoms with van der Waals surface area (Å²) in [4.78, 5) is 28.7. The van der Waals surface area contributed by atoms with Crippen molar-refractivity contribution in [3.05, 3.63) is 72.3 Å². The maximum absolute atomic E-state index is 13.9. The van der Waals surface area contributed by atoms with E-state index in [1.54, 1.807) is 89.8 Å². The Hall–Kier alpha value is -4.13. The van der Waals surface area contributed by atoms with Crippen LogP contribution in [0.15, 0.2) is 71.6 Å². The fourth-order valence-corrected chi connectivity index (χ4v) is 6.81. The Bertz CT molecular complexity index is 1610. The minimum Gasteiger partial charge on any atom is -0.497 e. The van der Waals surface area contributed by atoms with Crippen LogP contribution >= 0.6 is 0 Å². The lowest BCUT2D eigenvalue weighted by molar-refractivity contribution is 0.0827. The Balaban J connectivity index is 1.70. The zero-order valence-corrected chi connectivity index (χ0v) is 26.7. The molecule has 0 fully saturated rings. The number of rotatable bonds is 8. The summed E-state index contributed by atoms with van der Waals surface area (Å²) >= 11 is 0.